The molecule has 2 N–H and O–H groups in total. The molecule has 0 radical (unpaired) electrons. The van der Waals surface area contributed by atoms with Gasteiger partial charge in [0.15, 0.2) is 11.5 Å². The van der Waals surface area contributed by atoms with Crippen LogP contribution in [0.3, 0.4) is 0 Å². The van der Waals surface area contributed by atoms with E-state index < -0.39 is 0 Å². The van der Waals surface area contributed by atoms with Crippen LogP contribution in [0.1, 0.15) is 40.6 Å². The van der Waals surface area contributed by atoms with Crippen molar-refractivity contribution >= 4 is 0 Å². The largest absolute Gasteiger partial charge is 0.493 e. The second-order valence-electron chi connectivity index (χ2n) is 8.65. The van der Waals surface area contributed by atoms with E-state index in [-0.39, 0.29) is 6.04 Å². The molecule has 5 rings (SSSR count). The topological polar surface area (TPSA) is 47.7 Å². The van der Waals surface area contributed by atoms with E-state index in [9.17, 15) is 0 Å². The Balaban J connectivity index is 1.38. The molecule has 31 heavy (non-hydrogen) atoms. The molecule has 0 saturated carbocycles. The molecule has 0 amide bonds. The summed E-state index contributed by atoms with van der Waals surface area (Å²) in [6.07, 6.45) is 1.98. The Morgan fingerprint density at radius 3 is 2.45 bits per heavy atom. The maximum Gasteiger partial charge on any atom is 0.161 e. The maximum absolute atomic E-state index is 6.71. The Morgan fingerprint density at radius 1 is 0.968 bits per heavy atom. The quantitative estimate of drug-likeness (QED) is 0.658. The highest BCUT2D eigenvalue weighted by Crippen LogP contribution is 2.44. The van der Waals surface area contributed by atoms with E-state index in [0.29, 0.717) is 18.6 Å². The molecule has 3 aromatic carbocycles. The van der Waals surface area contributed by atoms with Crippen LogP contribution in [0, 0.1) is 0 Å². The van der Waals surface area contributed by atoms with Gasteiger partial charge in [-0.1, -0.05) is 60.7 Å². The summed E-state index contributed by atoms with van der Waals surface area (Å²) in [7, 11) is 1.72. The molecule has 2 aliphatic heterocycles. The summed E-state index contributed by atoms with van der Waals surface area (Å²) in [4.78, 5) is 2.60. The van der Waals surface area contributed by atoms with Crippen molar-refractivity contribution in [1.29, 1.82) is 0 Å². The van der Waals surface area contributed by atoms with Gasteiger partial charge in [0.1, 0.15) is 6.61 Å². The van der Waals surface area contributed by atoms with Crippen LogP contribution in [0.25, 0.3) is 0 Å². The van der Waals surface area contributed by atoms with Gasteiger partial charge in [0.25, 0.3) is 0 Å². The average Bonchev–Trinajstić information content (AvgIpc) is 2.83. The first-order valence-corrected chi connectivity index (χ1v) is 11.1. The number of hydrogen-bond donors (Lipinski definition) is 1. The van der Waals surface area contributed by atoms with Crippen molar-refractivity contribution in [2.75, 3.05) is 20.2 Å². The average molecular weight is 415 g/mol. The highest BCUT2D eigenvalue weighted by molar-refractivity contribution is 5.50. The second kappa shape index (κ2) is 8.74. The lowest BCUT2D eigenvalue weighted by Gasteiger charge is -2.46. The lowest BCUT2D eigenvalue weighted by atomic mass is 9.78. The van der Waals surface area contributed by atoms with Crippen molar-refractivity contribution in [3.63, 3.8) is 0 Å². The van der Waals surface area contributed by atoms with E-state index in [2.05, 4.69) is 59.5 Å². The number of rotatable bonds is 5. The fraction of sp³-hybridized carbons (Fsp3) is 0.333. The normalized spacial score (nSPS) is 23.0. The summed E-state index contributed by atoms with van der Waals surface area (Å²) < 4.78 is 11.9. The van der Waals surface area contributed by atoms with Gasteiger partial charge in [-0.15, -0.1) is 0 Å². The first-order chi connectivity index (χ1) is 15.2. The third-order valence-corrected chi connectivity index (χ3v) is 6.80. The summed E-state index contributed by atoms with van der Waals surface area (Å²) >= 11 is 0. The van der Waals surface area contributed by atoms with Crippen LogP contribution in [0.5, 0.6) is 11.5 Å². The summed E-state index contributed by atoms with van der Waals surface area (Å²) in [5.41, 5.74) is 11.9. The van der Waals surface area contributed by atoms with Gasteiger partial charge in [0, 0.05) is 31.1 Å². The smallest absolute Gasteiger partial charge is 0.161 e. The van der Waals surface area contributed by atoms with E-state index >= 15 is 0 Å². The van der Waals surface area contributed by atoms with Crippen LogP contribution in [0.15, 0.2) is 72.8 Å². The molecule has 160 valence electrons. The third-order valence-electron chi connectivity index (χ3n) is 6.80. The molecule has 2 heterocycles. The Hall–Kier alpha value is -2.82. The molecule has 0 spiro atoms. The van der Waals surface area contributed by atoms with Crippen LogP contribution < -0.4 is 15.2 Å². The zero-order valence-electron chi connectivity index (χ0n) is 18.0. The van der Waals surface area contributed by atoms with E-state index in [1.165, 1.54) is 16.7 Å². The van der Waals surface area contributed by atoms with Crippen molar-refractivity contribution in [1.82, 2.24) is 4.90 Å². The molecule has 1 saturated heterocycles. The standard InChI is InChI=1S/C27H30N2O2/c1-30-26-15-22-21(14-27(26)31-18-19-8-4-2-5-9-19)12-13-29-17-23(24(28)16-25(22)29)20-10-6-3-7-11-20/h2-11,14-15,23-25H,12-13,16-18,28H2,1H3/t23-,24+,25+/m0/s1. The van der Waals surface area contributed by atoms with Crippen LogP contribution >= 0.6 is 0 Å². The van der Waals surface area contributed by atoms with Crippen LogP contribution in [-0.4, -0.2) is 31.1 Å². The second-order valence-corrected chi connectivity index (χ2v) is 8.65. The highest BCUT2D eigenvalue weighted by Gasteiger charge is 2.38. The van der Waals surface area contributed by atoms with Crippen LogP contribution in [0.2, 0.25) is 0 Å². The van der Waals surface area contributed by atoms with Crippen molar-refractivity contribution in [2.45, 2.75) is 37.5 Å². The molecule has 4 heteroatoms. The number of nitrogens with two attached hydrogens (primary N) is 1. The molecule has 2 aliphatic rings. The van der Waals surface area contributed by atoms with Gasteiger partial charge in [0.05, 0.1) is 7.11 Å². The first kappa shape index (κ1) is 20.1. The summed E-state index contributed by atoms with van der Waals surface area (Å²) in [6, 6.07) is 25.8. The van der Waals surface area contributed by atoms with Gasteiger partial charge in [-0.3, -0.25) is 4.90 Å². The van der Waals surface area contributed by atoms with Crippen molar-refractivity contribution < 1.29 is 9.47 Å². The van der Waals surface area contributed by atoms with Crippen molar-refractivity contribution in [3.8, 4) is 11.5 Å². The van der Waals surface area contributed by atoms with Crippen LogP contribution in [-0.2, 0) is 13.0 Å². The summed E-state index contributed by atoms with van der Waals surface area (Å²) in [5, 5.41) is 0. The lowest BCUT2D eigenvalue weighted by Crippen LogP contribution is -2.49. The number of nitrogens with zero attached hydrogens (tertiary/aromatic N) is 1. The zero-order valence-corrected chi connectivity index (χ0v) is 18.0. The predicted octanol–water partition coefficient (Wildman–Crippen LogP) is 4.69. The zero-order chi connectivity index (χ0) is 21.2. The molecule has 0 bridgehead atoms. The monoisotopic (exact) mass is 414 g/mol. The highest BCUT2D eigenvalue weighted by atomic mass is 16.5. The summed E-state index contributed by atoms with van der Waals surface area (Å²) in [6.45, 7) is 2.59. The number of fused-ring (bicyclic) bond motifs is 3. The Bertz CT molecular complexity index is 1020. The number of piperidine rings is 1. The molecular weight excluding hydrogens is 384 g/mol. The predicted molar refractivity (Wildman–Crippen MR) is 124 cm³/mol. The van der Waals surface area contributed by atoms with E-state index in [1.807, 2.05) is 18.2 Å². The molecule has 3 aromatic rings. The molecule has 0 aliphatic carbocycles. The number of hydrogen-bond acceptors (Lipinski definition) is 4. The van der Waals surface area contributed by atoms with E-state index in [1.54, 1.807) is 7.11 Å². The molecule has 3 atom stereocenters. The minimum atomic E-state index is 0.148. The number of methoxy groups -OCH3 is 1. The van der Waals surface area contributed by atoms with Crippen molar-refractivity contribution in [3.05, 3.63) is 95.1 Å². The van der Waals surface area contributed by atoms with Gasteiger partial charge in [0.2, 0.25) is 0 Å². The van der Waals surface area contributed by atoms with Gasteiger partial charge >= 0.3 is 0 Å². The summed E-state index contributed by atoms with van der Waals surface area (Å²) in [5.74, 6) is 2.01. The minimum Gasteiger partial charge on any atom is -0.493 e. The third kappa shape index (κ3) is 4.06. The number of ether oxygens (including phenoxy) is 2. The molecule has 4 nitrogen and oxygen atoms in total. The van der Waals surface area contributed by atoms with Gasteiger partial charge in [-0.2, -0.15) is 0 Å². The SMILES string of the molecule is COc1cc2c(cc1OCc1ccccc1)CCN1C[C@@H](c3ccccc3)[C@H](N)C[C@H]21. The van der Waals surface area contributed by atoms with Gasteiger partial charge in [-0.05, 0) is 47.2 Å². The Kier molecular flexibility index (Phi) is 5.66. The lowest BCUT2D eigenvalue weighted by molar-refractivity contribution is 0.109. The van der Waals surface area contributed by atoms with E-state index in [0.717, 1.165) is 43.0 Å². The fourth-order valence-corrected chi connectivity index (χ4v) is 5.13. The van der Waals surface area contributed by atoms with Gasteiger partial charge < -0.3 is 15.2 Å². The van der Waals surface area contributed by atoms with E-state index in [4.69, 9.17) is 15.2 Å². The van der Waals surface area contributed by atoms with Crippen LogP contribution in [0.4, 0.5) is 0 Å². The molecule has 0 aromatic heterocycles. The fourth-order valence-electron chi connectivity index (χ4n) is 5.13. The minimum absolute atomic E-state index is 0.148. The molecular formula is C27H30N2O2. The van der Waals surface area contributed by atoms with Gasteiger partial charge in [-0.25, -0.2) is 0 Å². The maximum atomic E-state index is 6.71. The number of benzene rings is 3. The molecule has 0 unspecified atom stereocenters. The first-order valence-electron chi connectivity index (χ1n) is 11.1. The molecule has 1 fully saturated rings. The van der Waals surface area contributed by atoms with Crippen molar-refractivity contribution in [2.24, 2.45) is 5.73 Å². The Morgan fingerprint density at radius 2 is 1.71 bits per heavy atom. The Labute approximate surface area is 184 Å².